The van der Waals surface area contributed by atoms with Crippen molar-refractivity contribution >= 4 is 17.3 Å². The average Bonchev–Trinajstić information content (AvgIpc) is 2.55. The van der Waals surface area contributed by atoms with E-state index in [1.165, 1.54) is 5.56 Å². The predicted octanol–water partition coefficient (Wildman–Crippen LogP) is 3.93. The number of benzene rings is 2. The van der Waals surface area contributed by atoms with E-state index in [4.69, 9.17) is 11.6 Å². The monoisotopic (exact) mass is 301 g/mol. The molecule has 1 aliphatic rings. The maximum absolute atomic E-state index is 11.3. The molecular formula is C18H20ClNO. The number of aryl methyl sites for hydroxylation is 1. The summed E-state index contributed by atoms with van der Waals surface area (Å²) in [6.45, 7) is 0. The number of alkyl halides is 1. The largest absolute Gasteiger partial charge is 0.383 e. The summed E-state index contributed by atoms with van der Waals surface area (Å²) in [5.74, 6) is 0.436. The molecule has 3 rings (SSSR count). The highest BCUT2D eigenvalue weighted by Crippen LogP contribution is 2.37. The van der Waals surface area contributed by atoms with Gasteiger partial charge < -0.3 is 10.4 Å². The molecule has 1 aliphatic heterocycles. The van der Waals surface area contributed by atoms with E-state index in [1.54, 1.807) is 0 Å². The molecule has 0 amide bonds. The second-order valence-corrected chi connectivity index (χ2v) is 6.00. The maximum atomic E-state index is 11.3. The molecule has 0 saturated carbocycles. The lowest BCUT2D eigenvalue weighted by Gasteiger charge is -2.40. The van der Waals surface area contributed by atoms with Crippen molar-refractivity contribution in [3.63, 3.8) is 0 Å². The van der Waals surface area contributed by atoms with E-state index >= 15 is 0 Å². The van der Waals surface area contributed by atoms with Crippen LogP contribution in [0.4, 0.5) is 5.69 Å². The fourth-order valence-corrected chi connectivity index (χ4v) is 3.48. The first-order chi connectivity index (χ1) is 10.2. The molecule has 0 radical (unpaired) electrons. The number of para-hydroxylation sites is 1. The summed E-state index contributed by atoms with van der Waals surface area (Å²) in [7, 11) is 0. The molecule has 2 unspecified atom stereocenters. The fourth-order valence-electron chi connectivity index (χ4n) is 3.19. The van der Waals surface area contributed by atoms with Crippen LogP contribution in [0.15, 0.2) is 54.6 Å². The van der Waals surface area contributed by atoms with Crippen LogP contribution >= 0.6 is 11.6 Å². The minimum absolute atomic E-state index is 0.0199. The lowest BCUT2D eigenvalue weighted by Crippen LogP contribution is -2.46. The Balaban J connectivity index is 1.92. The summed E-state index contributed by atoms with van der Waals surface area (Å²) < 4.78 is 0. The number of rotatable bonds is 4. The molecule has 2 N–H and O–H groups in total. The highest BCUT2D eigenvalue weighted by atomic mass is 35.5. The van der Waals surface area contributed by atoms with Crippen molar-refractivity contribution in [2.24, 2.45) is 0 Å². The Labute approximate surface area is 130 Å². The van der Waals surface area contributed by atoms with Crippen molar-refractivity contribution in [1.29, 1.82) is 0 Å². The molecule has 3 heteroatoms. The van der Waals surface area contributed by atoms with Gasteiger partial charge in [-0.05, 0) is 36.5 Å². The van der Waals surface area contributed by atoms with Gasteiger partial charge in [0, 0.05) is 11.6 Å². The number of aliphatic hydroxyl groups is 1. The summed E-state index contributed by atoms with van der Waals surface area (Å²) in [5.41, 5.74) is 2.44. The SMILES string of the molecule is OC(CCCl)(c1ccccc1)C1CCc2ccccc2N1. The molecule has 110 valence electrons. The Kier molecular flexibility index (Phi) is 4.18. The highest BCUT2D eigenvalue weighted by molar-refractivity contribution is 6.17. The lowest BCUT2D eigenvalue weighted by atomic mass is 9.79. The van der Waals surface area contributed by atoms with Crippen LogP contribution in [0.2, 0.25) is 0 Å². The molecule has 2 aromatic rings. The van der Waals surface area contributed by atoms with Gasteiger partial charge in [0.15, 0.2) is 0 Å². The molecule has 2 nitrogen and oxygen atoms in total. The van der Waals surface area contributed by atoms with Crippen molar-refractivity contribution in [1.82, 2.24) is 0 Å². The third-order valence-corrected chi connectivity index (χ3v) is 4.56. The second-order valence-electron chi connectivity index (χ2n) is 5.62. The summed E-state index contributed by atoms with van der Waals surface area (Å²) >= 11 is 5.97. The van der Waals surface area contributed by atoms with Crippen LogP contribution in [0, 0.1) is 0 Å². The average molecular weight is 302 g/mol. The smallest absolute Gasteiger partial charge is 0.111 e. The molecule has 2 aromatic carbocycles. The van der Waals surface area contributed by atoms with E-state index in [-0.39, 0.29) is 6.04 Å². The molecule has 21 heavy (non-hydrogen) atoms. The standard InChI is InChI=1S/C18H20ClNO/c19-13-12-18(21,15-7-2-1-3-8-15)17-11-10-14-6-4-5-9-16(14)20-17/h1-9,17,20-21H,10-13H2. The Bertz CT molecular complexity index is 601. The van der Waals surface area contributed by atoms with Crippen LogP contribution in [0.1, 0.15) is 24.0 Å². The quantitative estimate of drug-likeness (QED) is 0.839. The van der Waals surface area contributed by atoms with Gasteiger partial charge in [0.05, 0.1) is 6.04 Å². The highest BCUT2D eigenvalue weighted by Gasteiger charge is 2.39. The summed E-state index contributed by atoms with van der Waals surface area (Å²) in [6, 6.07) is 18.1. The second kappa shape index (κ2) is 6.08. The molecule has 0 spiro atoms. The van der Waals surface area contributed by atoms with E-state index in [1.807, 2.05) is 36.4 Å². The summed E-state index contributed by atoms with van der Waals surface area (Å²) in [6.07, 6.45) is 2.42. The number of hydrogen-bond donors (Lipinski definition) is 2. The Morgan fingerprint density at radius 2 is 1.81 bits per heavy atom. The van der Waals surface area contributed by atoms with Gasteiger partial charge in [-0.25, -0.2) is 0 Å². The van der Waals surface area contributed by atoms with Crippen LogP contribution in [-0.4, -0.2) is 17.0 Å². The van der Waals surface area contributed by atoms with Crippen LogP contribution in [-0.2, 0) is 12.0 Å². The van der Waals surface area contributed by atoms with Gasteiger partial charge >= 0.3 is 0 Å². The van der Waals surface area contributed by atoms with Crippen molar-refractivity contribution in [2.75, 3.05) is 11.2 Å². The van der Waals surface area contributed by atoms with Crippen LogP contribution in [0.3, 0.4) is 0 Å². The van der Waals surface area contributed by atoms with Gasteiger partial charge in [0.25, 0.3) is 0 Å². The fraction of sp³-hybridized carbons (Fsp3) is 0.333. The molecular weight excluding hydrogens is 282 g/mol. The lowest BCUT2D eigenvalue weighted by molar-refractivity contribution is 0.00964. The third-order valence-electron chi connectivity index (χ3n) is 4.38. The minimum atomic E-state index is -0.934. The Morgan fingerprint density at radius 1 is 1.10 bits per heavy atom. The molecule has 0 aromatic heterocycles. The number of anilines is 1. The van der Waals surface area contributed by atoms with Crippen molar-refractivity contribution < 1.29 is 5.11 Å². The van der Waals surface area contributed by atoms with E-state index < -0.39 is 5.60 Å². The number of hydrogen-bond acceptors (Lipinski definition) is 2. The van der Waals surface area contributed by atoms with Crippen LogP contribution in [0.25, 0.3) is 0 Å². The normalized spacial score (nSPS) is 20.2. The van der Waals surface area contributed by atoms with Gasteiger partial charge in [0.2, 0.25) is 0 Å². The first-order valence-electron chi connectivity index (χ1n) is 7.42. The predicted molar refractivity (Wildman–Crippen MR) is 87.8 cm³/mol. The third kappa shape index (κ3) is 2.78. The Morgan fingerprint density at radius 3 is 2.57 bits per heavy atom. The molecule has 2 atom stereocenters. The first-order valence-corrected chi connectivity index (χ1v) is 7.96. The molecule has 0 saturated heterocycles. The maximum Gasteiger partial charge on any atom is 0.111 e. The van der Waals surface area contributed by atoms with Gasteiger partial charge in [-0.2, -0.15) is 0 Å². The first kappa shape index (κ1) is 14.4. The number of nitrogens with one attached hydrogen (secondary N) is 1. The minimum Gasteiger partial charge on any atom is -0.383 e. The van der Waals surface area contributed by atoms with E-state index in [9.17, 15) is 5.11 Å². The molecule has 0 aliphatic carbocycles. The van der Waals surface area contributed by atoms with E-state index in [0.29, 0.717) is 12.3 Å². The van der Waals surface area contributed by atoms with Crippen LogP contribution in [0.5, 0.6) is 0 Å². The van der Waals surface area contributed by atoms with E-state index in [0.717, 1.165) is 24.1 Å². The van der Waals surface area contributed by atoms with Gasteiger partial charge in [-0.15, -0.1) is 11.6 Å². The molecule has 1 heterocycles. The zero-order valence-electron chi connectivity index (χ0n) is 11.9. The van der Waals surface area contributed by atoms with Gasteiger partial charge in [-0.3, -0.25) is 0 Å². The number of halogens is 1. The molecule has 0 fully saturated rings. The van der Waals surface area contributed by atoms with Crippen molar-refractivity contribution in [3.05, 3.63) is 65.7 Å². The van der Waals surface area contributed by atoms with Gasteiger partial charge in [0.1, 0.15) is 5.60 Å². The number of fused-ring (bicyclic) bond motifs is 1. The summed E-state index contributed by atoms with van der Waals surface area (Å²) in [5, 5.41) is 14.8. The topological polar surface area (TPSA) is 32.3 Å². The van der Waals surface area contributed by atoms with Crippen molar-refractivity contribution in [3.8, 4) is 0 Å². The van der Waals surface area contributed by atoms with Crippen molar-refractivity contribution in [2.45, 2.75) is 30.9 Å². The zero-order valence-corrected chi connectivity index (χ0v) is 12.7. The summed E-state index contributed by atoms with van der Waals surface area (Å²) in [4.78, 5) is 0. The molecule has 0 bridgehead atoms. The Hall–Kier alpha value is -1.51. The zero-order chi connectivity index (χ0) is 14.7. The van der Waals surface area contributed by atoms with Gasteiger partial charge in [-0.1, -0.05) is 48.5 Å². The van der Waals surface area contributed by atoms with E-state index in [2.05, 4.69) is 23.5 Å². The van der Waals surface area contributed by atoms with Crippen LogP contribution < -0.4 is 5.32 Å².